The first-order chi connectivity index (χ1) is 15.9. The Morgan fingerprint density at radius 2 is 1.76 bits per heavy atom. The standard InChI is InChI=1S/C23H29N5O5/c1-28(2)15-8-6-14(7-9-15)16-10-11-24-23(26-16)27-18-13-33-21-17(12-32-22(18)21)25-19(29)4-3-5-20(30)31/h6-11,17-18,21-22H,3-5,12-13H2,1-2H3,(H,25,29)(H,30,31)(H,24,26,27)/p-1/t17-,18-,21+,22+/m0/s1. The number of amides is 1. The van der Waals surface area contributed by atoms with Crippen LogP contribution in [-0.2, 0) is 19.1 Å². The first-order valence-electron chi connectivity index (χ1n) is 11.0. The molecule has 2 aliphatic rings. The SMILES string of the molecule is CN(C)c1ccc(-c2ccnc(N[C@H]3CO[C@H]4[C@@H]3OC[C@@H]4NC(=O)CCCC(=O)[O-])n2)cc1. The number of ether oxygens (including phenoxy) is 2. The summed E-state index contributed by atoms with van der Waals surface area (Å²) in [6.45, 7) is 0.733. The lowest BCUT2D eigenvalue weighted by atomic mass is 10.1. The van der Waals surface area contributed by atoms with E-state index in [9.17, 15) is 14.7 Å². The van der Waals surface area contributed by atoms with Crippen LogP contribution in [0.4, 0.5) is 11.6 Å². The zero-order valence-electron chi connectivity index (χ0n) is 18.7. The van der Waals surface area contributed by atoms with Gasteiger partial charge in [-0.2, -0.15) is 0 Å². The van der Waals surface area contributed by atoms with Gasteiger partial charge in [0.1, 0.15) is 12.2 Å². The molecule has 0 radical (unpaired) electrons. The van der Waals surface area contributed by atoms with Crippen molar-refractivity contribution in [1.82, 2.24) is 15.3 Å². The minimum Gasteiger partial charge on any atom is -0.550 e. The second-order valence-electron chi connectivity index (χ2n) is 8.45. The number of rotatable bonds is 9. The number of carbonyl (C=O) groups excluding carboxylic acids is 2. The quantitative estimate of drug-likeness (QED) is 0.546. The zero-order chi connectivity index (χ0) is 23.4. The van der Waals surface area contributed by atoms with Gasteiger partial charge in [0.15, 0.2) is 0 Å². The number of hydrogen-bond acceptors (Lipinski definition) is 9. The fraction of sp³-hybridized carbons (Fsp3) is 0.478. The Balaban J connectivity index is 1.34. The number of nitrogens with zero attached hydrogens (tertiary/aromatic N) is 3. The number of aromatic nitrogens is 2. The Labute approximate surface area is 192 Å². The van der Waals surface area contributed by atoms with E-state index in [0.717, 1.165) is 16.9 Å². The van der Waals surface area contributed by atoms with Gasteiger partial charge in [-0.15, -0.1) is 0 Å². The van der Waals surface area contributed by atoms with E-state index >= 15 is 0 Å². The van der Waals surface area contributed by atoms with Crippen molar-refractivity contribution in [1.29, 1.82) is 0 Å². The van der Waals surface area contributed by atoms with Crippen molar-refractivity contribution in [3.8, 4) is 11.3 Å². The Morgan fingerprint density at radius 1 is 1.06 bits per heavy atom. The number of aliphatic carboxylic acids is 1. The molecule has 4 atom stereocenters. The van der Waals surface area contributed by atoms with E-state index < -0.39 is 5.97 Å². The zero-order valence-corrected chi connectivity index (χ0v) is 18.7. The third-order valence-electron chi connectivity index (χ3n) is 5.83. The molecule has 4 rings (SSSR count). The summed E-state index contributed by atoms with van der Waals surface area (Å²) in [5, 5.41) is 16.7. The van der Waals surface area contributed by atoms with Crippen LogP contribution in [-0.4, -0.2) is 73.4 Å². The molecule has 0 aliphatic carbocycles. The largest absolute Gasteiger partial charge is 0.550 e. The molecule has 3 heterocycles. The highest BCUT2D eigenvalue weighted by atomic mass is 16.6. The summed E-state index contributed by atoms with van der Waals surface area (Å²) in [4.78, 5) is 33.6. The third-order valence-corrected chi connectivity index (χ3v) is 5.83. The maximum atomic E-state index is 12.1. The van der Waals surface area contributed by atoms with Crippen LogP contribution in [0.15, 0.2) is 36.5 Å². The van der Waals surface area contributed by atoms with Crippen molar-refractivity contribution in [2.45, 2.75) is 43.6 Å². The molecule has 2 N–H and O–H groups in total. The van der Waals surface area contributed by atoms with Crippen LogP contribution in [0.1, 0.15) is 19.3 Å². The van der Waals surface area contributed by atoms with Crippen LogP contribution >= 0.6 is 0 Å². The van der Waals surface area contributed by atoms with Crippen molar-refractivity contribution in [2.75, 3.05) is 37.5 Å². The summed E-state index contributed by atoms with van der Waals surface area (Å²) in [6.07, 6.45) is 1.41. The highest BCUT2D eigenvalue weighted by Crippen LogP contribution is 2.29. The Hall–Kier alpha value is -3.24. The predicted octanol–water partition coefficient (Wildman–Crippen LogP) is 0.193. The van der Waals surface area contributed by atoms with Crippen molar-refractivity contribution in [3.05, 3.63) is 36.5 Å². The number of benzene rings is 1. The molecule has 0 spiro atoms. The van der Waals surface area contributed by atoms with Gasteiger partial charge in [-0.05, 0) is 31.0 Å². The maximum Gasteiger partial charge on any atom is 0.223 e. The van der Waals surface area contributed by atoms with Crippen molar-refractivity contribution < 1.29 is 24.2 Å². The highest BCUT2D eigenvalue weighted by Gasteiger charge is 2.48. The minimum atomic E-state index is -1.16. The fourth-order valence-electron chi connectivity index (χ4n) is 4.10. The summed E-state index contributed by atoms with van der Waals surface area (Å²) in [6, 6.07) is 9.56. The maximum absolute atomic E-state index is 12.1. The van der Waals surface area contributed by atoms with Gasteiger partial charge in [0.2, 0.25) is 11.9 Å². The molecule has 176 valence electrons. The number of fused-ring (bicyclic) bond motifs is 1. The number of carboxylic acids is 1. The number of nitrogens with one attached hydrogen (secondary N) is 2. The van der Waals surface area contributed by atoms with Crippen molar-refractivity contribution >= 4 is 23.5 Å². The van der Waals surface area contributed by atoms with Gasteiger partial charge in [-0.1, -0.05) is 12.1 Å². The molecule has 0 unspecified atom stereocenters. The second-order valence-corrected chi connectivity index (χ2v) is 8.45. The van der Waals surface area contributed by atoms with Crippen molar-refractivity contribution in [2.24, 2.45) is 0 Å². The highest BCUT2D eigenvalue weighted by molar-refractivity contribution is 5.77. The molecule has 33 heavy (non-hydrogen) atoms. The Kier molecular flexibility index (Phi) is 7.05. The van der Waals surface area contributed by atoms with E-state index in [2.05, 4.69) is 20.6 Å². The topological polar surface area (TPSA) is 129 Å². The van der Waals surface area contributed by atoms with Gasteiger partial charge < -0.3 is 34.9 Å². The normalized spacial score (nSPS) is 23.7. The lowest BCUT2D eigenvalue weighted by Gasteiger charge is -2.18. The molecule has 0 saturated carbocycles. The molecule has 2 saturated heterocycles. The van der Waals surface area contributed by atoms with Gasteiger partial charge in [0.05, 0.1) is 31.0 Å². The molecule has 2 aromatic rings. The third kappa shape index (κ3) is 5.58. The number of anilines is 2. The van der Waals surface area contributed by atoms with Crippen LogP contribution in [0, 0.1) is 0 Å². The fourth-order valence-corrected chi connectivity index (χ4v) is 4.10. The van der Waals surface area contributed by atoms with Gasteiger partial charge in [-0.25, -0.2) is 9.97 Å². The van der Waals surface area contributed by atoms with Gasteiger partial charge in [0, 0.05) is 43.9 Å². The average molecular weight is 455 g/mol. The van der Waals surface area contributed by atoms with E-state index in [1.807, 2.05) is 49.3 Å². The van der Waals surface area contributed by atoms with Crippen LogP contribution in [0.25, 0.3) is 11.3 Å². The summed E-state index contributed by atoms with van der Waals surface area (Å²) in [5.41, 5.74) is 2.91. The van der Waals surface area contributed by atoms with Gasteiger partial charge in [0.25, 0.3) is 0 Å². The molecule has 0 bridgehead atoms. The summed E-state index contributed by atoms with van der Waals surface area (Å²) in [7, 11) is 3.99. The Bertz CT molecular complexity index is 983. The Morgan fingerprint density at radius 3 is 2.45 bits per heavy atom. The summed E-state index contributed by atoms with van der Waals surface area (Å²) < 4.78 is 11.8. The molecule has 10 nitrogen and oxygen atoms in total. The summed E-state index contributed by atoms with van der Waals surface area (Å²) >= 11 is 0. The van der Waals surface area contributed by atoms with Crippen LogP contribution < -0.4 is 20.6 Å². The monoisotopic (exact) mass is 454 g/mol. The molecule has 1 amide bonds. The van der Waals surface area contributed by atoms with Gasteiger partial charge >= 0.3 is 0 Å². The number of hydrogen-bond donors (Lipinski definition) is 2. The smallest absolute Gasteiger partial charge is 0.223 e. The van der Waals surface area contributed by atoms with E-state index in [1.54, 1.807) is 6.20 Å². The molecular weight excluding hydrogens is 426 g/mol. The molecule has 10 heteroatoms. The molecular formula is C23H28N5O5-. The van der Waals surface area contributed by atoms with E-state index in [1.165, 1.54) is 0 Å². The minimum absolute atomic E-state index is 0.125. The molecule has 2 aliphatic heterocycles. The molecule has 2 fully saturated rings. The van der Waals surface area contributed by atoms with Gasteiger partial charge in [-0.3, -0.25) is 4.79 Å². The van der Waals surface area contributed by atoms with E-state index in [4.69, 9.17) is 9.47 Å². The van der Waals surface area contributed by atoms with E-state index in [0.29, 0.717) is 19.2 Å². The van der Waals surface area contributed by atoms with Crippen molar-refractivity contribution in [3.63, 3.8) is 0 Å². The first kappa shape index (κ1) is 22.9. The number of carbonyl (C=O) groups is 2. The molecule has 1 aromatic heterocycles. The van der Waals surface area contributed by atoms with Crippen LogP contribution in [0.5, 0.6) is 0 Å². The average Bonchev–Trinajstić information content (AvgIpc) is 3.37. The number of carboxylic acid groups (broad SMARTS) is 1. The summed E-state index contributed by atoms with van der Waals surface area (Å²) in [5.74, 6) is -0.893. The van der Waals surface area contributed by atoms with Crippen LogP contribution in [0.2, 0.25) is 0 Å². The van der Waals surface area contributed by atoms with E-state index in [-0.39, 0.29) is 49.5 Å². The second kappa shape index (κ2) is 10.1. The lowest BCUT2D eigenvalue weighted by molar-refractivity contribution is -0.305. The van der Waals surface area contributed by atoms with Crippen LogP contribution in [0.3, 0.4) is 0 Å². The lowest BCUT2D eigenvalue weighted by Crippen LogP contribution is -2.44. The first-order valence-corrected chi connectivity index (χ1v) is 11.0. The molecule has 1 aromatic carbocycles. The predicted molar refractivity (Wildman–Crippen MR) is 119 cm³/mol.